The van der Waals surface area contributed by atoms with Crippen LogP contribution in [0.5, 0.6) is 0 Å². The van der Waals surface area contributed by atoms with Gasteiger partial charge < -0.3 is 14.5 Å². The van der Waals surface area contributed by atoms with Crippen LogP contribution in [0.3, 0.4) is 0 Å². The molecule has 1 aromatic heterocycles. The van der Waals surface area contributed by atoms with Gasteiger partial charge in [-0.1, -0.05) is 30.3 Å². The van der Waals surface area contributed by atoms with Crippen LogP contribution in [0.4, 0.5) is 0 Å². The van der Waals surface area contributed by atoms with Gasteiger partial charge in [0.1, 0.15) is 5.76 Å². The highest BCUT2D eigenvalue weighted by molar-refractivity contribution is 5.85. The van der Waals surface area contributed by atoms with Crippen molar-refractivity contribution in [3.05, 3.63) is 60.1 Å². The molecule has 0 aliphatic heterocycles. The summed E-state index contributed by atoms with van der Waals surface area (Å²) in [4.78, 5) is 25.9. The van der Waals surface area contributed by atoms with E-state index >= 15 is 0 Å². The van der Waals surface area contributed by atoms with Gasteiger partial charge in [-0.3, -0.25) is 9.59 Å². The Morgan fingerprint density at radius 2 is 1.83 bits per heavy atom. The lowest BCUT2D eigenvalue weighted by Crippen LogP contribution is -2.57. The topological polar surface area (TPSA) is 68.5 Å². The minimum atomic E-state index is -0.812. The molecular formula is C25H29NO4. The van der Waals surface area contributed by atoms with E-state index in [-0.39, 0.29) is 17.3 Å². The Bertz CT molecular complexity index is 906. The van der Waals surface area contributed by atoms with Gasteiger partial charge in [0.05, 0.1) is 18.2 Å². The zero-order valence-electron chi connectivity index (χ0n) is 17.4. The fourth-order valence-electron chi connectivity index (χ4n) is 6.70. The highest BCUT2D eigenvalue weighted by Gasteiger charge is 2.61. The van der Waals surface area contributed by atoms with Gasteiger partial charge >= 0.3 is 5.97 Å². The van der Waals surface area contributed by atoms with Crippen LogP contribution in [0, 0.1) is 17.3 Å². The fourth-order valence-corrected chi connectivity index (χ4v) is 6.70. The van der Waals surface area contributed by atoms with Crippen molar-refractivity contribution in [3.8, 4) is 0 Å². The largest absolute Gasteiger partial charge is 0.467 e. The summed E-state index contributed by atoms with van der Waals surface area (Å²) in [6.07, 6.45) is 6.96. The standard InChI is InChI=1S/C25H29NO4/c1-17(22(27)26-15-21-8-5-9-29-21)30-23(28)25-13-18-10-19(14-25)12-24(11-18,16-25)20-6-3-2-4-7-20/h2-9,17-19H,10-16H2,1H3,(H,26,27)/t17-,18-,19+,24?,25?/m1/s1. The maximum absolute atomic E-state index is 13.4. The van der Waals surface area contributed by atoms with E-state index in [1.807, 2.05) is 0 Å². The maximum atomic E-state index is 13.4. The highest BCUT2D eigenvalue weighted by atomic mass is 16.5. The molecule has 4 aliphatic carbocycles. The molecule has 1 amide bonds. The molecule has 4 fully saturated rings. The first-order valence-electron chi connectivity index (χ1n) is 11.0. The quantitative estimate of drug-likeness (QED) is 0.722. The van der Waals surface area contributed by atoms with Crippen molar-refractivity contribution in [2.75, 3.05) is 0 Å². The van der Waals surface area contributed by atoms with Crippen molar-refractivity contribution in [3.63, 3.8) is 0 Å². The molecule has 2 aromatic rings. The highest BCUT2D eigenvalue weighted by Crippen LogP contribution is 2.66. The molecule has 1 aromatic carbocycles. The van der Waals surface area contributed by atoms with Crippen molar-refractivity contribution in [2.24, 2.45) is 17.3 Å². The lowest BCUT2D eigenvalue weighted by Gasteiger charge is -2.61. The summed E-state index contributed by atoms with van der Waals surface area (Å²) >= 11 is 0. The summed E-state index contributed by atoms with van der Waals surface area (Å²) in [5.74, 6) is 1.34. The molecule has 4 aliphatic rings. The number of carbonyl (C=O) groups excluding carboxylic acids is 2. The number of carbonyl (C=O) groups is 2. The first-order valence-corrected chi connectivity index (χ1v) is 11.0. The van der Waals surface area contributed by atoms with Gasteiger partial charge in [0, 0.05) is 0 Å². The van der Waals surface area contributed by atoms with Gasteiger partial charge in [0.2, 0.25) is 0 Å². The molecule has 2 unspecified atom stereocenters. The predicted molar refractivity (Wildman–Crippen MR) is 111 cm³/mol. The summed E-state index contributed by atoms with van der Waals surface area (Å²) in [5, 5.41) is 2.79. The molecule has 5 atom stereocenters. The van der Waals surface area contributed by atoms with Crippen LogP contribution >= 0.6 is 0 Å². The van der Waals surface area contributed by atoms with Gasteiger partial charge in [0.25, 0.3) is 5.91 Å². The number of rotatable bonds is 6. The Morgan fingerprint density at radius 1 is 1.10 bits per heavy atom. The zero-order valence-corrected chi connectivity index (χ0v) is 17.4. The predicted octanol–water partition coefficient (Wildman–Crippen LogP) is 4.37. The van der Waals surface area contributed by atoms with Crippen LogP contribution in [0.25, 0.3) is 0 Å². The number of furan rings is 1. The van der Waals surface area contributed by atoms with Gasteiger partial charge in [-0.05, 0) is 80.4 Å². The molecule has 4 saturated carbocycles. The van der Waals surface area contributed by atoms with Crippen LogP contribution < -0.4 is 5.32 Å². The molecule has 158 valence electrons. The Balaban J connectivity index is 1.30. The number of amides is 1. The second kappa shape index (κ2) is 7.29. The molecule has 4 bridgehead atoms. The average Bonchev–Trinajstić information content (AvgIpc) is 3.25. The Kier molecular flexibility index (Phi) is 4.72. The van der Waals surface area contributed by atoms with Crippen LogP contribution in [-0.2, 0) is 26.3 Å². The number of nitrogens with one attached hydrogen (secondary N) is 1. The van der Waals surface area contributed by atoms with Gasteiger partial charge in [-0.2, -0.15) is 0 Å². The van der Waals surface area contributed by atoms with E-state index in [1.165, 1.54) is 24.8 Å². The Labute approximate surface area is 177 Å². The molecule has 6 rings (SSSR count). The molecule has 0 spiro atoms. The second-order valence-corrected chi connectivity index (χ2v) is 9.73. The van der Waals surface area contributed by atoms with Crippen molar-refractivity contribution in [1.82, 2.24) is 5.32 Å². The van der Waals surface area contributed by atoms with Crippen molar-refractivity contribution in [2.45, 2.75) is 63.5 Å². The van der Waals surface area contributed by atoms with Gasteiger partial charge in [0.15, 0.2) is 6.10 Å². The summed E-state index contributed by atoms with van der Waals surface area (Å²) in [7, 11) is 0. The summed E-state index contributed by atoms with van der Waals surface area (Å²) in [6.45, 7) is 1.95. The van der Waals surface area contributed by atoms with E-state index in [9.17, 15) is 9.59 Å². The number of esters is 1. The van der Waals surface area contributed by atoms with Gasteiger partial charge in [-0.15, -0.1) is 0 Å². The third-order valence-electron chi connectivity index (χ3n) is 7.55. The number of benzene rings is 1. The summed E-state index contributed by atoms with van der Waals surface area (Å²) < 4.78 is 11.0. The van der Waals surface area contributed by atoms with E-state index in [2.05, 4.69) is 35.6 Å². The fraction of sp³-hybridized carbons (Fsp3) is 0.520. The van der Waals surface area contributed by atoms with Crippen molar-refractivity contribution in [1.29, 1.82) is 0 Å². The monoisotopic (exact) mass is 407 g/mol. The first kappa shape index (κ1) is 19.4. The second-order valence-electron chi connectivity index (χ2n) is 9.73. The summed E-state index contributed by atoms with van der Waals surface area (Å²) in [5.41, 5.74) is 0.991. The minimum absolute atomic E-state index is 0.0785. The first-order chi connectivity index (χ1) is 14.5. The molecule has 1 N–H and O–H groups in total. The third kappa shape index (κ3) is 3.34. The number of ether oxygens (including phenoxy) is 1. The van der Waals surface area contributed by atoms with Gasteiger partial charge in [-0.25, -0.2) is 0 Å². The van der Waals surface area contributed by atoms with E-state index in [0.717, 1.165) is 19.3 Å². The van der Waals surface area contributed by atoms with E-state index in [4.69, 9.17) is 9.15 Å². The van der Waals surface area contributed by atoms with E-state index in [1.54, 1.807) is 25.3 Å². The van der Waals surface area contributed by atoms with Crippen LogP contribution in [0.2, 0.25) is 0 Å². The maximum Gasteiger partial charge on any atom is 0.312 e. The molecule has 30 heavy (non-hydrogen) atoms. The molecule has 5 heteroatoms. The van der Waals surface area contributed by atoms with Crippen molar-refractivity contribution < 1.29 is 18.7 Å². The molecule has 0 radical (unpaired) electrons. The van der Waals surface area contributed by atoms with E-state index in [0.29, 0.717) is 24.1 Å². The Hall–Kier alpha value is -2.56. The Morgan fingerprint density at radius 3 is 2.50 bits per heavy atom. The molecule has 0 saturated heterocycles. The minimum Gasteiger partial charge on any atom is -0.467 e. The number of hydrogen-bond acceptors (Lipinski definition) is 4. The SMILES string of the molecule is C[C@@H](OC(=O)C12C[C@H]3C[C@@H](C1)CC(c1ccccc1)(C3)C2)C(=O)NCc1ccco1. The summed E-state index contributed by atoms with van der Waals surface area (Å²) in [6, 6.07) is 14.3. The molecule has 5 nitrogen and oxygen atoms in total. The van der Waals surface area contributed by atoms with Crippen LogP contribution in [0.15, 0.2) is 53.1 Å². The number of hydrogen-bond donors (Lipinski definition) is 1. The van der Waals surface area contributed by atoms with Crippen LogP contribution in [-0.4, -0.2) is 18.0 Å². The van der Waals surface area contributed by atoms with E-state index < -0.39 is 11.5 Å². The normalized spacial score (nSPS) is 32.6. The molecular weight excluding hydrogens is 378 g/mol. The van der Waals surface area contributed by atoms with Crippen LogP contribution in [0.1, 0.15) is 56.8 Å². The molecule has 1 heterocycles. The van der Waals surface area contributed by atoms with Crippen molar-refractivity contribution >= 4 is 11.9 Å². The lowest BCUT2D eigenvalue weighted by atomic mass is 9.43. The smallest absolute Gasteiger partial charge is 0.312 e. The average molecular weight is 408 g/mol. The lowest BCUT2D eigenvalue weighted by molar-refractivity contribution is -0.180. The third-order valence-corrected chi connectivity index (χ3v) is 7.55. The zero-order chi connectivity index (χ0) is 20.8.